The minimum Gasteiger partial charge on any atom is -0.312 e. The molecule has 2 N–H and O–H groups in total. The maximum absolute atomic E-state index is 3.58. The Kier molecular flexibility index (Phi) is 3.81. The van der Waals surface area contributed by atoms with E-state index in [-0.39, 0.29) is 0 Å². The second-order valence-electron chi connectivity index (χ2n) is 5.65. The van der Waals surface area contributed by atoms with Gasteiger partial charge in [0.1, 0.15) is 0 Å². The Morgan fingerprint density at radius 1 is 1.11 bits per heavy atom. The lowest BCUT2D eigenvalue weighted by atomic mass is 10.1. The van der Waals surface area contributed by atoms with Gasteiger partial charge in [-0.1, -0.05) is 36.4 Å². The number of hydrogen-bond donors (Lipinski definition) is 2. The smallest absolute Gasteiger partial charge is 0.0208 e. The second kappa shape index (κ2) is 5.72. The van der Waals surface area contributed by atoms with Gasteiger partial charge < -0.3 is 10.6 Å². The van der Waals surface area contributed by atoms with Gasteiger partial charge in [0.15, 0.2) is 0 Å². The van der Waals surface area contributed by atoms with Crippen molar-refractivity contribution in [1.82, 2.24) is 10.6 Å². The fourth-order valence-electron chi connectivity index (χ4n) is 2.34. The summed E-state index contributed by atoms with van der Waals surface area (Å²) in [5.41, 5.74) is 1.36. The fraction of sp³-hybridized carbons (Fsp3) is 0.412. The van der Waals surface area contributed by atoms with E-state index in [1.165, 1.54) is 29.2 Å². The van der Waals surface area contributed by atoms with Crippen LogP contribution in [0.2, 0.25) is 0 Å². The third-order valence-electron chi connectivity index (χ3n) is 3.76. The monoisotopic (exact) mass is 254 g/mol. The van der Waals surface area contributed by atoms with Gasteiger partial charge in [-0.3, -0.25) is 0 Å². The van der Waals surface area contributed by atoms with Gasteiger partial charge in [-0.25, -0.2) is 0 Å². The van der Waals surface area contributed by atoms with Gasteiger partial charge in [-0.2, -0.15) is 0 Å². The minimum atomic E-state index is 0.520. The van der Waals surface area contributed by atoms with Crippen LogP contribution in [0, 0.1) is 0 Å². The van der Waals surface area contributed by atoms with Gasteiger partial charge in [-0.15, -0.1) is 0 Å². The van der Waals surface area contributed by atoms with E-state index in [0.29, 0.717) is 6.04 Å². The highest BCUT2D eigenvalue weighted by Crippen LogP contribution is 2.18. The van der Waals surface area contributed by atoms with Crippen LogP contribution in [-0.4, -0.2) is 18.6 Å². The quantitative estimate of drug-likeness (QED) is 0.828. The topological polar surface area (TPSA) is 24.1 Å². The summed E-state index contributed by atoms with van der Waals surface area (Å²) in [5, 5.41) is 9.78. The van der Waals surface area contributed by atoms with E-state index in [0.717, 1.165) is 19.1 Å². The van der Waals surface area contributed by atoms with E-state index >= 15 is 0 Å². The van der Waals surface area contributed by atoms with Crippen molar-refractivity contribution in [3.8, 4) is 0 Å². The van der Waals surface area contributed by atoms with Crippen LogP contribution in [0.3, 0.4) is 0 Å². The average Bonchev–Trinajstić information content (AvgIpc) is 3.27. The zero-order valence-electron chi connectivity index (χ0n) is 11.5. The first-order chi connectivity index (χ1) is 9.31. The van der Waals surface area contributed by atoms with Gasteiger partial charge in [0.2, 0.25) is 0 Å². The molecule has 1 aliphatic rings. The molecule has 0 aromatic heterocycles. The summed E-state index contributed by atoms with van der Waals surface area (Å²) in [5.74, 6) is 0. The number of fused-ring (bicyclic) bond motifs is 1. The van der Waals surface area contributed by atoms with Crippen molar-refractivity contribution in [2.24, 2.45) is 0 Å². The van der Waals surface area contributed by atoms with E-state index in [9.17, 15) is 0 Å². The maximum atomic E-state index is 3.58. The lowest BCUT2D eigenvalue weighted by molar-refractivity contribution is 0.500. The molecule has 1 atom stereocenters. The molecule has 0 radical (unpaired) electrons. The van der Waals surface area contributed by atoms with Gasteiger partial charge in [-0.05, 0) is 42.2 Å². The van der Waals surface area contributed by atoms with Crippen molar-refractivity contribution in [2.75, 3.05) is 6.54 Å². The lowest BCUT2D eigenvalue weighted by Gasteiger charge is -2.14. The van der Waals surface area contributed by atoms with Crippen LogP contribution in [0.25, 0.3) is 10.8 Å². The van der Waals surface area contributed by atoms with Crippen molar-refractivity contribution in [2.45, 2.75) is 38.4 Å². The summed E-state index contributed by atoms with van der Waals surface area (Å²) in [6, 6.07) is 16.6. The molecular formula is C17H22N2. The Morgan fingerprint density at radius 3 is 2.68 bits per heavy atom. The summed E-state index contributed by atoms with van der Waals surface area (Å²) in [6.45, 7) is 4.26. The van der Waals surface area contributed by atoms with Gasteiger partial charge in [0.25, 0.3) is 0 Å². The molecule has 2 heteroatoms. The van der Waals surface area contributed by atoms with Crippen molar-refractivity contribution < 1.29 is 0 Å². The van der Waals surface area contributed by atoms with Crippen molar-refractivity contribution in [3.05, 3.63) is 48.0 Å². The number of hydrogen-bond acceptors (Lipinski definition) is 2. The molecule has 3 rings (SSSR count). The molecule has 0 spiro atoms. The predicted octanol–water partition coefficient (Wildman–Crippen LogP) is 3.07. The first-order valence-corrected chi connectivity index (χ1v) is 7.26. The summed E-state index contributed by atoms with van der Waals surface area (Å²) in [7, 11) is 0. The molecule has 100 valence electrons. The Morgan fingerprint density at radius 2 is 1.89 bits per heavy atom. The van der Waals surface area contributed by atoms with E-state index < -0.39 is 0 Å². The molecule has 19 heavy (non-hydrogen) atoms. The molecule has 1 saturated carbocycles. The molecule has 2 nitrogen and oxygen atoms in total. The van der Waals surface area contributed by atoms with E-state index in [1.54, 1.807) is 0 Å². The molecule has 2 aromatic rings. The summed E-state index contributed by atoms with van der Waals surface area (Å²) in [6.07, 6.45) is 2.72. The maximum Gasteiger partial charge on any atom is 0.0208 e. The second-order valence-corrected chi connectivity index (χ2v) is 5.65. The SMILES string of the molecule is CC(CNC1CC1)NCc1ccc2ccccc2c1. The first-order valence-electron chi connectivity index (χ1n) is 7.26. The standard InChI is InChI=1S/C17H22N2/c1-13(11-19-17-8-9-17)18-12-14-6-7-15-4-2-3-5-16(15)10-14/h2-7,10,13,17-19H,8-9,11-12H2,1H3. The highest BCUT2D eigenvalue weighted by Gasteiger charge is 2.20. The third kappa shape index (κ3) is 3.55. The molecule has 0 amide bonds. The molecule has 0 bridgehead atoms. The van der Waals surface area contributed by atoms with E-state index in [2.05, 4.69) is 60.0 Å². The highest BCUT2D eigenvalue weighted by atomic mass is 15.0. The van der Waals surface area contributed by atoms with Gasteiger partial charge in [0.05, 0.1) is 0 Å². The highest BCUT2D eigenvalue weighted by molar-refractivity contribution is 5.82. The Hall–Kier alpha value is -1.38. The molecule has 0 saturated heterocycles. The third-order valence-corrected chi connectivity index (χ3v) is 3.76. The number of nitrogens with one attached hydrogen (secondary N) is 2. The Bertz CT molecular complexity index is 546. The number of rotatable bonds is 6. The summed E-state index contributed by atoms with van der Waals surface area (Å²) in [4.78, 5) is 0. The van der Waals surface area contributed by atoms with Crippen LogP contribution in [0.5, 0.6) is 0 Å². The van der Waals surface area contributed by atoms with Crippen LogP contribution < -0.4 is 10.6 Å². The Balaban J connectivity index is 1.55. The normalized spacial score (nSPS) is 16.7. The Labute approximate surface area is 115 Å². The number of benzene rings is 2. The zero-order valence-corrected chi connectivity index (χ0v) is 11.5. The molecule has 1 unspecified atom stereocenters. The molecule has 2 aromatic carbocycles. The fourth-order valence-corrected chi connectivity index (χ4v) is 2.34. The lowest BCUT2D eigenvalue weighted by Crippen LogP contribution is -2.36. The predicted molar refractivity (Wildman–Crippen MR) is 81.3 cm³/mol. The first kappa shape index (κ1) is 12.6. The van der Waals surface area contributed by atoms with E-state index in [4.69, 9.17) is 0 Å². The zero-order chi connectivity index (χ0) is 13.1. The van der Waals surface area contributed by atoms with Crippen molar-refractivity contribution in [1.29, 1.82) is 0 Å². The van der Waals surface area contributed by atoms with Gasteiger partial charge >= 0.3 is 0 Å². The van der Waals surface area contributed by atoms with Crippen LogP contribution >= 0.6 is 0 Å². The summed E-state index contributed by atoms with van der Waals surface area (Å²) >= 11 is 0. The summed E-state index contributed by atoms with van der Waals surface area (Å²) < 4.78 is 0. The van der Waals surface area contributed by atoms with Crippen LogP contribution in [0.1, 0.15) is 25.3 Å². The van der Waals surface area contributed by atoms with Crippen LogP contribution in [0.4, 0.5) is 0 Å². The largest absolute Gasteiger partial charge is 0.312 e. The van der Waals surface area contributed by atoms with Crippen LogP contribution in [0.15, 0.2) is 42.5 Å². The minimum absolute atomic E-state index is 0.520. The van der Waals surface area contributed by atoms with Crippen LogP contribution in [-0.2, 0) is 6.54 Å². The molecular weight excluding hydrogens is 232 g/mol. The average molecular weight is 254 g/mol. The molecule has 0 heterocycles. The van der Waals surface area contributed by atoms with Crippen molar-refractivity contribution >= 4 is 10.8 Å². The van der Waals surface area contributed by atoms with Gasteiger partial charge in [0, 0.05) is 25.2 Å². The van der Waals surface area contributed by atoms with E-state index in [1.807, 2.05) is 0 Å². The molecule has 1 aliphatic carbocycles. The van der Waals surface area contributed by atoms with Crippen molar-refractivity contribution in [3.63, 3.8) is 0 Å². The molecule has 0 aliphatic heterocycles. The molecule has 1 fully saturated rings.